The monoisotopic (exact) mass is 463 g/mol. The first-order valence-corrected chi connectivity index (χ1v) is 12.6. The number of hydrogen-bond donors (Lipinski definition) is 1. The quantitative estimate of drug-likeness (QED) is 0.564. The van der Waals surface area contributed by atoms with Crippen molar-refractivity contribution in [2.24, 2.45) is 5.92 Å². The van der Waals surface area contributed by atoms with E-state index in [1.54, 1.807) is 4.90 Å². The standard InChI is InChI=1S/C24H41N5O4/c1-4-8-20(30)16-26-11-13-27(14-12-26)17-22-25-21(18-33-22)24(32)29-10-7-9-19(15-29)23(31)28(5-2)6-3/h18-20,30H,4-17H2,1-3H3/t19-,20+/m1/s1. The zero-order valence-corrected chi connectivity index (χ0v) is 20.5. The number of aromatic nitrogens is 1. The number of aliphatic hydroxyl groups is 1. The zero-order chi connectivity index (χ0) is 23.8. The molecule has 2 fully saturated rings. The fraction of sp³-hybridized carbons (Fsp3) is 0.792. The lowest BCUT2D eigenvalue weighted by molar-refractivity contribution is -0.136. The fourth-order valence-corrected chi connectivity index (χ4v) is 4.84. The van der Waals surface area contributed by atoms with Crippen LogP contribution in [0.4, 0.5) is 0 Å². The average molecular weight is 464 g/mol. The SMILES string of the molecule is CCC[C@H](O)CN1CCN(Cc2nc(C(=O)N3CCC[C@@H](C(=O)N(CC)CC)C3)co2)CC1. The third kappa shape index (κ3) is 7.01. The van der Waals surface area contributed by atoms with Crippen LogP contribution in [-0.4, -0.2) is 107 Å². The van der Waals surface area contributed by atoms with Crippen LogP contribution in [-0.2, 0) is 11.3 Å². The summed E-state index contributed by atoms with van der Waals surface area (Å²) in [6.07, 6.45) is 4.69. The molecular weight excluding hydrogens is 422 g/mol. The minimum atomic E-state index is -0.251. The molecule has 0 spiro atoms. The number of β-amino-alcohol motifs (C(OH)–C–C–N with tert-alkyl or cyclic N) is 1. The molecule has 2 atom stereocenters. The maximum atomic E-state index is 13.0. The third-order valence-electron chi connectivity index (χ3n) is 6.82. The van der Waals surface area contributed by atoms with Crippen molar-refractivity contribution in [1.82, 2.24) is 24.6 Å². The van der Waals surface area contributed by atoms with Crippen molar-refractivity contribution in [1.29, 1.82) is 0 Å². The Hall–Kier alpha value is -1.97. The van der Waals surface area contributed by atoms with E-state index in [-0.39, 0.29) is 23.8 Å². The molecule has 186 valence electrons. The van der Waals surface area contributed by atoms with Crippen LogP contribution in [0.15, 0.2) is 10.7 Å². The predicted molar refractivity (Wildman–Crippen MR) is 126 cm³/mol. The Kier molecular flexibility index (Phi) is 9.70. The summed E-state index contributed by atoms with van der Waals surface area (Å²) in [6.45, 7) is 13.4. The lowest BCUT2D eigenvalue weighted by Crippen LogP contribution is -2.48. The van der Waals surface area contributed by atoms with E-state index in [9.17, 15) is 14.7 Å². The van der Waals surface area contributed by atoms with Gasteiger partial charge in [0.25, 0.3) is 5.91 Å². The van der Waals surface area contributed by atoms with E-state index in [2.05, 4.69) is 21.7 Å². The first-order valence-electron chi connectivity index (χ1n) is 12.6. The van der Waals surface area contributed by atoms with E-state index < -0.39 is 0 Å². The molecule has 0 aromatic carbocycles. The van der Waals surface area contributed by atoms with Crippen LogP contribution in [0, 0.1) is 5.92 Å². The van der Waals surface area contributed by atoms with Gasteiger partial charge in [0.05, 0.1) is 18.6 Å². The smallest absolute Gasteiger partial charge is 0.275 e. The van der Waals surface area contributed by atoms with Crippen LogP contribution in [0.2, 0.25) is 0 Å². The number of nitrogens with zero attached hydrogens (tertiary/aromatic N) is 5. The van der Waals surface area contributed by atoms with Crippen LogP contribution in [0.3, 0.4) is 0 Å². The van der Waals surface area contributed by atoms with Crippen molar-refractivity contribution in [2.45, 2.75) is 59.1 Å². The van der Waals surface area contributed by atoms with Gasteiger partial charge in [-0.3, -0.25) is 19.4 Å². The Morgan fingerprint density at radius 3 is 2.52 bits per heavy atom. The van der Waals surface area contributed by atoms with E-state index in [1.165, 1.54) is 6.26 Å². The van der Waals surface area contributed by atoms with Gasteiger partial charge in [0.15, 0.2) is 5.69 Å². The summed E-state index contributed by atoms with van der Waals surface area (Å²) in [5, 5.41) is 10.0. The Balaban J connectivity index is 1.49. The summed E-state index contributed by atoms with van der Waals surface area (Å²) in [5.41, 5.74) is 0.322. The summed E-state index contributed by atoms with van der Waals surface area (Å²) in [7, 11) is 0. The van der Waals surface area contributed by atoms with Crippen LogP contribution >= 0.6 is 0 Å². The number of hydrogen-bond acceptors (Lipinski definition) is 7. The molecule has 33 heavy (non-hydrogen) atoms. The maximum Gasteiger partial charge on any atom is 0.275 e. The highest BCUT2D eigenvalue weighted by Gasteiger charge is 2.32. The highest BCUT2D eigenvalue weighted by molar-refractivity contribution is 5.92. The van der Waals surface area contributed by atoms with Gasteiger partial charge in [0.1, 0.15) is 6.26 Å². The highest BCUT2D eigenvalue weighted by Crippen LogP contribution is 2.21. The van der Waals surface area contributed by atoms with Crippen molar-refractivity contribution in [3.63, 3.8) is 0 Å². The molecule has 0 radical (unpaired) electrons. The molecule has 0 aliphatic carbocycles. The number of piperidine rings is 1. The van der Waals surface area contributed by atoms with Crippen molar-refractivity contribution >= 4 is 11.8 Å². The van der Waals surface area contributed by atoms with Gasteiger partial charge in [-0.25, -0.2) is 4.98 Å². The number of oxazole rings is 1. The molecule has 1 aromatic rings. The van der Waals surface area contributed by atoms with Crippen LogP contribution < -0.4 is 0 Å². The van der Waals surface area contributed by atoms with Crippen molar-refractivity contribution in [3.05, 3.63) is 17.8 Å². The van der Waals surface area contributed by atoms with Gasteiger partial charge in [0, 0.05) is 58.9 Å². The molecule has 3 rings (SSSR count). The van der Waals surface area contributed by atoms with E-state index in [4.69, 9.17) is 4.42 Å². The fourth-order valence-electron chi connectivity index (χ4n) is 4.84. The minimum Gasteiger partial charge on any atom is -0.447 e. The molecular formula is C24H41N5O4. The normalized spacial score (nSPS) is 21.2. The molecule has 0 bridgehead atoms. The van der Waals surface area contributed by atoms with E-state index in [0.29, 0.717) is 44.3 Å². The first kappa shape index (κ1) is 25.6. The summed E-state index contributed by atoms with van der Waals surface area (Å²) < 4.78 is 5.62. The summed E-state index contributed by atoms with van der Waals surface area (Å²) in [5.74, 6) is 0.392. The second kappa shape index (κ2) is 12.5. The predicted octanol–water partition coefficient (Wildman–Crippen LogP) is 1.67. The van der Waals surface area contributed by atoms with Gasteiger partial charge in [0.2, 0.25) is 11.8 Å². The summed E-state index contributed by atoms with van der Waals surface area (Å²) in [4.78, 5) is 38.4. The largest absolute Gasteiger partial charge is 0.447 e. The molecule has 0 unspecified atom stereocenters. The molecule has 2 amide bonds. The zero-order valence-electron chi connectivity index (χ0n) is 20.5. The molecule has 9 nitrogen and oxygen atoms in total. The van der Waals surface area contributed by atoms with Crippen LogP contribution in [0.25, 0.3) is 0 Å². The summed E-state index contributed by atoms with van der Waals surface area (Å²) in [6, 6.07) is 0. The number of likely N-dealkylation sites (tertiary alicyclic amines) is 1. The molecule has 0 saturated carbocycles. The molecule has 2 aliphatic rings. The Morgan fingerprint density at radius 1 is 1.15 bits per heavy atom. The van der Waals surface area contributed by atoms with Crippen molar-refractivity contribution < 1.29 is 19.1 Å². The second-order valence-electron chi connectivity index (χ2n) is 9.25. The van der Waals surface area contributed by atoms with Crippen LogP contribution in [0.5, 0.6) is 0 Å². The van der Waals surface area contributed by atoms with Gasteiger partial charge >= 0.3 is 0 Å². The number of carbonyl (C=O) groups is 2. The summed E-state index contributed by atoms with van der Waals surface area (Å²) >= 11 is 0. The van der Waals surface area contributed by atoms with Crippen molar-refractivity contribution in [3.8, 4) is 0 Å². The van der Waals surface area contributed by atoms with Gasteiger partial charge in [-0.1, -0.05) is 13.3 Å². The molecule has 1 aromatic heterocycles. The first-order chi connectivity index (χ1) is 15.9. The van der Waals surface area contributed by atoms with Gasteiger partial charge in [-0.2, -0.15) is 0 Å². The number of rotatable bonds is 10. The third-order valence-corrected chi connectivity index (χ3v) is 6.82. The maximum absolute atomic E-state index is 13.0. The number of aliphatic hydroxyl groups excluding tert-OH is 1. The van der Waals surface area contributed by atoms with Crippen LogP contribution in [0.1, 0.15) is 62.8 Å². The van der Waals surface area contributed by atoms with Gasteiger partial charge in [-0.05, 0) is 33.1 Å². The van der Waals surface area contributed by atoms with Gasteiger partial charge < -0.3 is 19.3 Å². The Bertz CT molecular complexity index is 758. The topological polar surface area (TPSA) is 93.4 Å². The lowest BCUT2D eigenvalue weighted by atomic mass is 9.96. The molecule has 2 saturated heterocycles. The number of carbonyl (C=O) groups excluding carboxylic acids is 2. The second-order valence-corrected chi connectivity index (χ2v) is 9.25. The minimum absolute atomic E-state index is 0.138. The highest BCUT2D eigenvalue weighted by atomic mass is 16.3. The number of amides is 2. The Labute approximate surface area is 197 Å². The average Bonchev–Trinajstić information content (AvgIpc) is 3.29. The number of piperazine rings is 1. The molecule has 2 aliphatic heterocycles. The van der Waals surface area contributed by atoms with Gasteiger partial charge in [-0.15, -0.1) is 0 Å². The molecule has 9 heteroatoms. The van der Waals surface area contributed by atoms with Crippen molar-refractivity contribution in [2.75, 3.05) is 58.9 Å². The van der Waals surface area contributed by atoms with E-state index in [1.807, 2.05) is 18.7 Å². The Morgan fingerprint density at radius 2 is 1.85 bits per heavy atom. The lowest BCUT2D eigenvalue weighted by Gasteiger charge is -2.35. The van der Waals surface area contributed by atoms with E-state index >= 15 is 0 Å². The molecule has 3 heterocycles. The molecule has 1 N–H and O–H groups in total. The van der Waals surface area contributed by atoms with E-state index in [0.717, 1.165) is 58.4 Å².